The zero-order chi connectivity index (χ0) is 19.5. The molecule has 2 aliphatic rings. The average Bonchev–Trinajstić information content (AvgIpc) is 3.31. The summed E-state index contributed by atoms with van der Waals surface area (Å²) in [6, 6.07) is 12.6. The summed E-state index contributed by atoms with van der Waals surface area (Å²) in [4.78, 5) is 9.23. The summed E-state index contributed by atoms with van der Waals surface area (Å²) in [5.41, 5.74) is 5.81. The lowest BCUT2D eigenvalue weighted by Crippen LogP contribution is -2.39. The Kier molecular flexibility index (Phi) is 5.10. The summed E-state index contributed by atoms with van der Waals surface area (Å²) in [6.45, 7) is 1.03. The average molecular weight is 383 g/mol. The third-order valence-electron chi connectivity index (χ3n) is 5.99. The van der Waals surface area contributed by atoms with E-state index in [1.807, 2.05) is 42.7 Å². The van der Waals surface area contributed by atoms with Gasteiger partial charge in [-0.2, -0.15) is 0 Å². The predicted molar refractivity (Wildman–Crippen MR) is 115 cm³/mol. The molecule has 4 nitrogen and oxygen atoms in total. The molecule has 29 heavy (non-hydrogen) atoms. The van der Waals surface area contributed by atoms with Crippen molar-refractivity contribution in [2.75, 3.05) is 6.54 Å². The Hall–Kier alpha value is -2.98. The summed E-state index contributed by atoms with van der Waals surface area (Å²) in [7, 11) is 0. The van der Waals surface area contributed by atoms with Crippen LogP contribution in [0.15, 0.2) is 83.3 Å². The summed E-state index contributed by atoms with van der Waals surface area (Å²) < 4.78 is 5.80. The standard InChI is InChI=1S/C25H25N3O/c1-3-7-18(8-4-1)23-15-20(11-14-27-23)22-16-26-13-12-21(22)24-17-29-25(28-24)19-9-5-2-6-10-19/h1-3,5-7,9-10,12-13,16-17,20,23,27H,4,8,11,14-15H2/t20?,23-/m1/s1. The van der Waals surface area contributed by atoms with E-state index in [4.69, 9.17) is 9.40 Å². The molecule has 0 spiro atoms. The van der Waals surface area contributed by atoms with Crippen LogP contribution in [-0.4, -0.2) is 22.6 Å². The zero-order valence-corrected chi connectivity index (χ0v) is 16.4. The molecule has 1 aliphatic carbocycles. The fraction of sp³-hybridized carbons (Fsp3) is 0.280. The summed E-state index contributed by atoms with van der Waals surface area (Å²) >= 11 is 0. The van der Waals surface area contributed by atoms with Crippen molar-refractivity contribution < 1.29 is 4.42 Å². The van der Waals surface area contributed by atoms with Gasteiger partial charge in [-0.25, -0.2) is 4.98 Å². The maximum absolute atomic E-state index is 5.80. The minimum atomic E-state index is 0.448. The van der Waals surface area contributed by atoms with E-state index in [-0.39, 0.29) is 0 Å². The summed E-state index contributed by atoms with van der Waals surface area (Å²) in [6.07, 6.45) is 16.9. The third kappa shape index (κ3) is 3.81. The van der Waals surface area contributed by atoms with Crippen LogP contribution in [0.3, 0.4) is 0 Å². The molecule has 1 aromatic carbocycles. The Morgan fingerprint density at radius 3 is 2.90 bits per heavy atom. The quantitative estimate of drug-likeness (QED) is 0.645. The second-order valence-corrected chi connectivity index (χ2v) is 7.80. The van der Waals surface area contributed by atoms with Crippen LogP contribution >= 0.6 is 0 Å². The van der Waals surface area contributed by atoms with Crippen LogP contribution in [0.5, 0.6) is 0 Å². The van der Waals surface area contributed by atoms with Crippen LogP contribution < -0.4 is 5.32 Å². The molecule has 1 fully saturated rings. The fourth-order valence-corrected chi connectivity index (χ4v) is 4.47. The van der Waals surface area contributed by atoms with Gasteiger partial charge in [0.15, 0.2) is 0 Å². The molecule has 2 atom stereocenters. The number of piperidine rings is 1. The topological polar surface area (TPSA) is 51.0 Å². The summed E-state index contributed by atoms with van der Waals surface area (Å²) in [5.74, 6) is 1.12. The van der Waals surface area contributed by atoms with Gasteiger partial charge in [-0.05, 0) is 61.9 Å². The number of allylic oxidation sites excluding steroid dienone is 3. The molecule has 146 valence electrons. The van der Waals surface area contributed by atoms with Crippen molar-refractivity contribution in [1.29, 1.82) is 0 Å². The van der Waals surface area contributed by atoms with E-state index in [9.17, 15) is 0 Å². The molecule has 0 amide bonds. The van der Waals surface area contributed by atoms with Crippen molar-refractivity contribution in [2.45, 2.75) is 37.6 Å². The van der Waals surface area contributed by atoms with Gasteiger partial charge in [0.05, 0.1) is 0 Å². The lowest BCUT2D eigenvalue weighted by molar-refractivity contribution is 0.388. The van der Waals surface area contributed by atoms with Gasteiger partial charge in [0.25, 0.3) is 0 Å². The highest BCUT2D eigenvalue weighted by atomic mass is 16.3. The third-order valence-corrected chi connectivity index (χ3v) is 5.99. The Balaban J connectivity index is 1.43. The summed E-state index contributed by atoms with van der Waals surface area (Å²) in [5, 5.41) is 3.72. The number of rotatable bonds is 4. The lowest BCUT2D eigenvalue weighted by Gasteiger charge is -2.33. The molecule has 2 aromatic heterocycles. The number of benzene rings is 1. The minimum absolute atomic E-state index is 0.448. The Labute approximate surface area is 171 Å². The second-order valence-electron chi connectivity index (χ2n) is 7.80. The number of pyridine rings is 1. The van der Waals surface area contributed by atoms with E-state index in [2.05, 4.69) is 34.6 Å². The molecule has 1 N–H and O–H groups in total. The first-order valence-electron chi connectivity index (χ1n) is 10.4. The van der Waals surface area contributed by atoms with Gasteiger partial charge >= 0.3 is 0 Å². The monoisotopic (exact) mass is 383 g/mol. The van der Waals surface area contributed by atoms with E-state index < -0.39 is 0 Å². The van der Waals surface area contributed by atoms with Crippen LogP contribution in [-0.2, 0) is 0 Å². The van der Waals surface area contributed by atoms with E-state index in [0.717, 1.165) is 49.0 Å². The highest BCUT2D eigenvalue weighted by Crippen LogP contribution is 2.37. The van der Waals surface area contributed by atoms with E-state index in [1.54, 1.807) is 6.26 Å². The van der Waals surface area contributed by atoms with Crippen molar-refractivity contribution in [1.82, 2.24) is 15.3 Å². The second kappa shape index (κ2) is 8.18. The SMILES string of the molecule is C1=CCCC([C@H]2CC(c3cnccc3-c3coc(-c4ccccc4)n3)CCN2)=C1. The van der Waals surface area contributed by atoms with Crippen LogP contribution in [0, 0.1) is 0 Å². The van der Waals surface area contributed by atoms with Gasteiger partial charge in [-0.1, -0.05) is 42.0 Å². The lowest BCUT2D eigenvalue weighted by atomic mass is 9.81. The maximum atomic E-state index is 5.80. The number of hydrogen-bond acceptors (Lipinski definition) is 4. The highest BCUT2D eigenvalue weighted by molar-refractivity contribution is 5.66. The van der Waals surface area contributed by atoms with Gasteiger partial charge in [-0.3, -0.25) is 4.98 Å². The molecule has 5 rings (SSSR count). The van der Waals surface area contributed by atoms with Crippen LogP contribution in [0.4, 0.5) is 0 Å². The Bertz CT molecular complexity index is 1030. The van der Waals surface area contributed by atoms with Gasteiger partial charge < -0.3 is 9.73 Å². The molecule has 3 aromatic rings. The van der Waals surface area contributed by atoms with Gasteiger partial charge in [0.1, 0.15) is 12.0 Å². The smallest absolute Gasteiger partial charge is 0.226 e. The first kappa shape index (κ1) is 18.1. The van der Waals surface area contributed by atoms with Crippen LogP contribution in [0.1, 0.15) is 37.2 Å². The van der Waals surface area contributed by atoms with Crippen molar-refractivity contribution >= 4 is 0 Å². The Morgan fingerprint density at radius 2 is 2.03 bits per heavy atom. The molecule has 0 bridgehead atoms. The van der Waals surface area contributed by atoms with Gasteiger partial charge in [0.2, 0.25) is 5.89 Å². The van der Waals surface area contributed by atoms with Crippen molar-refractivity contribution in [2.24, 2.45) is 0 Å². The van der Waals surface area contributed by atoms with Crippen molar-refractivity contribution in [3.63, 3.8) is 0 Å². The van der Waals surface area contributed by atoms with Gasteiger partial charge in [0, 0.05) is 29.6 Å². The zero-order valence-electron chi connectivity index (χ0n) is 16.4. The molecular weight excluding hydrogens is 358 g/mol. The molecule has 4 heteroatoms. The molecule has 1 aliphatic heterocycles. The van der Waals surface area contributed by atoms with Crippen molar-refractivity contribution in [3.8, 4) is 22.7 Å². The number of hydrogen-bond donors (Lipinski definition) is 1. The number of nitrogens with one attached hydrogen (secondary N) is 1. The number of aromatic nitrogens is 2. The number of oxazole rings is 1. The van der Waals surface area contributed by atoms with Gasteiger partial charge in [-0.15, -0.1) is 0 Å². The van der Waals surface area contributed by atoms with Crippen molar-refractivity contribution in [3.05, 3.63) is 84.4 Å². The maximum Gasteiger partial charge on any atom is 0.226 e. The van der Waals surface area contributed by atoms with Crippen LogP contribution in [0.2, 0.25) is 0 Å². The molecular formula is C25H25N3O. The molecule has 3 heterocycles. The molecule has 1 saturated heterocycles. The Morgan fingerprint density at radius 1 is 1.10 bits per heavy atom. The molecule has 1 unspecified atom stereocenters. The first-order chi connectivity index (χ1) is 14.4. The van der Waals surface area contributed by atoms with E-state index in [1.165, 1.54) is 11.1 Å². The minimum Gasteiger partial charge on any atom is -0.444 e. The van der Waals surface area contributed by atoms with E-state index >= 15 is 0 Å². The molecule has 0 saturated carbocycles. The fourth-order valence-electron chi connectivity index (χ4n) is 4.47. The normalized spacial score (nSPS) is 21.7. The largest absolute Gasteiger partial charge is 0.444 e. The highest BCUT2D eigenvalue weighted by Gasteiger charge is 2.27. The first-order valence-corrected chi connectivity index (χ1v) is 10.4. The predicted octanol–water partition coefficient (Wildman–Crippen LogP) is 5.52. The van der Waals surface area contributed by atoms with Crippen LogP contribution in [0.25, 0.3) is 22.7 Å². The van der Waals surface area contributed by atoms with E-state index in [0.29, 0.717) is 17.9 Å². The molecule has 0 radical (unpaired) electrons. The number of nitrogens with zero attached hydrogens (tertiary/aromatic N) is 2.